The van der Waals surface area contributed by atoms with Crippen molar-refractivity contribution >= 4 is 23.1 Å². The average molecular weight is 404 g/mol. The number of H-pyrrole nitrogens is 1. The van der Waals surface area contributed by atoms with Crippen LogP contribution in [0.1, 0.15) is 5.69 Å². The van der Waals surface area contributed by atoms with Crippen molar-refractivity contribution in [2.24, 2.45) is 0 Å². The van der Waals surface area contributed by atoms with Crippen LogP contribution in [0.3, 0.4) is 0 Å². The van der Waals surface area contributed by atoms with Gasteiger partial charge in [-0.25, -0.2) is 4.98 Å². The highest BCUT2D eigenvalue weighted by Gasteiger charge is 2.07. The van der Waals surface area contributed by atoms with Crippen LogP contribution in [-0.2, 0) is 6.54 Å². The van der Waals surface area contributed by atoms with Gasteiger partial charge in [-0.2, -0.15) is 5.10 Å². The molecular weight excluding hydrogens is 382 g/mol. The smallest absolute Gasteiger partial charge is 0.126 e. The van der Waals surface area contributed by atoms with Crippen molar-refractivity contribution in [2.45, 2.75) is 6.54 Å². The number of nitrogens with zero attached hydrogens (tertiary/aromatic N) is 3. The second-order valence-electron chi connectivity index (χ2n) is 6.98. The van der Waals surface area contributed by atoms with E-state index in [4.69, 9.17) is 11.6 Å². The fourth-order valence-corrected chi connectivity index (χ4v) is 3.36. The normalized spacial score (nSPS) is 10.7. The summed E-state index contributed by atoms with van der Waals surface area (Å²) in [6.45, 7) is 0.575. The molecule has 0 atom stereocenters. The summed E-state index contributed by atoms with van der Waals surface area (Å²) in [5.41, 5.74) is 6.19. The minimum atomic E-state index is 0.575. The van der Waals surface area contributed by atoms with E-state index in [0.29, 0.717) is 6.54 Å². The van der Waals surface area contributed by atoms with Crippen LogP contribution < -0.4 is 10.2 Å². The average Bonchev–Trinajstić information content (AvgIpc) is 3.22. The van der Waals surface area contributed by atoms with Gasteiger partial charge >= 0.3 is 0 Å². The first-order valence-electron chi connectivity index (χ1n) is 9.37. The number of benzene rings is 2. The third-order valence-corrected chi connectivity index (χ3v) is 5.05. The molecule has 2 aromatic carbocycles. The first-order chi connectivity index (χ1) is 14.1. The molecule has 0 aliphatic heterocycles. The van der Waals surface area contributed by atoms with Crippen LogP contribution in [0.2, 0.25) is 5.02 Å². The number of anilines is 2. The lowest BCUT2D eigenvalue weighted by Gasteiger charge is -2.12. The topological polar surface area (TPSA) is 56.8 Å². The molecule has 4 aromatic rings. The maximum Gasteiger partial charge on any atom is 0.126 e. The molecule has 0 saturated carbocycles. The quantitative estimate of drug-likeness (QED) is 0.448. The minimum Gasteiger partial charge on any atom is -0.378 e. The van der Waals surface area contributed by atoms with Crippen molar-refractivity contribution in [1.82, 2.24) is 15.2 Å². The zero-order valence-corrected chi connectivity index (χ0v) is 17.1. The van der Waals surface area contributed by atoms with Gasteiger partial charge in [0.1, 0.15) is 5.82 Å². The van der Waals surface area contributed by atoms with E-state index in [-0.39, 0.29) is 0 Å². The fourth-order valence-electron chi connectivity index (χ4n) is 3.11. The Kier molecular flexibility index (Phi) is 5.49. The number of hydrogen-bond donors (Lipinski definition) is 2. The van der Waals surface area contributed by atoms with Crippen molar-refractivity contribution in [1.29, 1.82) is 0 Å². The third kappa shape index (κ3) is 4.41. The second kappa shape index (κ2) is 8.37. The Morgan fingerprint density at radius 2 is 1.76 bits per heavy atom. The number of aromatic nitrogens is 3. The standard InChI is InChI=1S/C23H22ClN5/c1-29(2)19-9-7-16(8-10-19)22-14-18(27-28-22)15-26-23-13-17(11-12-25-23)20-5-3-4-6-21(20)24/h3-14H,15H2,1-2H3,(H,25,26)(H,27,28). The first kappa shape index (κ1) is 19.0. The van der Waals surface area contributed by atoms with Gasteiger partial charge in [-0.15, -0.1) is 0 Å². The molecule has 6 heteroatoms. The minimum absolute atomic E-state index is 0.575. The fraction of sp³-hybridized carbons (Fsp3) is 0.130. The summed E-state index contributed by atoms with van der Waals surface area (Å²) in [5, 5.41) is 11.6. The molecule has 4 rings (SSSR count). The summed E-state index contributed by atoms with van der Waals surface area (Å²) in [4.78, 5) is 6.48. The molecule has 2 heterocycles. The molecule has 0 amide bonds. The van der Waals surface area contributed by atoms with Gasteiger partial charge in [0.05, 0.1) is 17.9 Å². The Morgan fingerprint density at radius 1 is 0.966 bits per heavy atom. The van der Waals surface area contributed by atoms with Gasteiger partial charge < -0.3 is 10.2 Å². The van der Waals surface area contributed by atoms with Crippen LogP contribution in [0.4, 0.5) is 11.5 Å². The van der Waals surface area contributed by atoms with Crippen LogP contribution in [0, 0.1) is 0 Å². The molecule has 0 unspecified atom stereocenters. The van der Waals surface area contributed by atoms with Crippen molar-refractivity contribution in [2.75, 3.05) is 24.3 Å². The molecule has 0 radical (unpaired) electrons. The predicted molar refractivity (Wildman–Crippen MR) is 120 cm³/mol. The number of rotatable bonds is 6. The van der Waals surface area contributed by atoms with Gasteiger partial charge in [0.15, 0.2) is 0 Å². The largest absolute Gasteiger partial charge is 0.378 e. The zero-order chi connectivity index (χ0) is 20.2. The molecule has 2 N–H and O–H groups in total. The van der Waals surface area contributed by atoms with E-state index in [1.165, 1.54) is 5.69 Å². The highest BCUT2D eigenvalue weighted by Crippen LogP contribution is 2.28. The van der Waals surface area contributed by atoms with E-state index in [2.05, 4.69) is 55.7 Å². The van der Waals surface area contributed by atoms with Gasteiger partial charge in [-0.05, 0) is 47.5 Å². The maximum absolute atomic E-state index is 6.31. The highest BCUT2D eigenvalue weighted by molar-refractivity contribution is 6.33. The van der Waals surface area contributed by atoms with Gasteiger partial charge in [0.25, 0.3) is 0 Å². The molecular formula is C23H22ClN5. The Balaban J connectivity index is 1.45. The Bertz CT molecular complexity index is 1100. The van der Waals surface area contributed by atoms with E-state index in [0.717, 1.165) is 38.9 Å². The lowest BCUT2D eigenvalue weighted by atomic mass is 10.1. The lowest BCUT2D eigenvalue weighted by Crippen LogP contribution is -2.07. The number of pyridine rings is 1. The van der Waals surface area contributed by atoms with Crippen LogP contribution in [0.25, 0.3) is 22.4 Å². The Hall–Kier alpha value is -3.31. The maximum atomic E-state index is 6.31. The van der Waals surface area contributed by atoms with E-state index in [1.807, 2.05) is 50.5 Å². The van der Waals surface area contributed by atoms with E-state index >= 15 is 0 Å². The summed E-state index contributed by atoms with van der Waals surface area (Å²) >= 11 is 6.31. The third-order valence-electron chi connectivity index (χ3n) is 4.72. The van der Waals surface area contributed by atoms with Gasteiger partial charge in [0.2, 0.25) is 0 Å². The molecule has 146 valence electrons. The number of halogens is 1. The molecule has 0 saturated heterocycles. The Labute approximate surface area is 175 Å². The van der Waals surface area contributed by atoms with E-state index < -0.39 is 0 Å². The molecule has 0 aliphatic carbocycles. The number of aromatic amines is 1. The highest BCUT2D eigenvalue weighted by atomic mass is 35.5. The molecule has 5 nitrogen and oxygen atoms in total. The van der Waals surface area contributed by atoms with Crippen LogP contribution >= 0.6 is 11.6 Å². The predicted octanol–water partition coefficient (Wildman–Crippen LogP) is 5.47. The van der Waals surface area contributed by atoms with Crippen molar-refractivity contribution in [3.8, 4) is 22.4 Å². The van der Waals surface area contributed by atoms with E-state index in [9.17, 15) is 0 Å². The summed E-state index contributed by atoms with van der Waals surface area (Å²) in [6, 6.07) is 22.2. The molecule has 0 fully saturated rings. The first-order valence-corrected chi connectivity index (χ1v) is 9.75. The monoisotopic (exact) mass is 403 g/mol. The molecule has 2 aromatic heterocycles. The van der Waals surface area contributed by atoms with Gasteiger partial charge in [-0.1, -0.05) is 41.9 Å². The summed E-state index contributed by atoms with van der Waals surface area (Å²) in [6.07, 6.45) is 1.78. The Morgan fingerprint density at radius 3 is 2.52 bits per heavy atom. The van der Waals surface area contributed by atoms with Crippen molar-refractivity contribution in [3.05, 3.63) is 83.6 Å². The van der Waals surface area contributed by atoms with Crippen LogP contribution in [0.5, 0.6) is 0 Å². The summed E-state index contributed by atoms with van der Waals surface area (Å²) in [7, 11) is 4.06. The van der Waals surface area contributed by atoms with Crippen molar-refractivity contribution in [3.63, 3.8) is 0 Å². The van der Waals surface area contributed by atoms with Crippen LogP contribution in [0.15, 0.2) is 72.9 Å². The van der Waals surface area contributed by atoms with Crippen LogP contribution in [-0.4, -0.2) is 29.3 Å². The van der Waals surface area contributed by atoms with E-state index in [1.54, 1.807) is 6.20 Å². The summed E-state index contributed by atoms with van der Waals surface area (Å²) in [5.74, 6) is 0.780. The lowest BCUT2D eigenvalue weighted by molar-refractivity contribution is 0.976. The number of nitrogens with one attached hydrogen (secondary N) is 2. The van der Waals surface area contributed by atoms with Gasteiger partial charge in [-0.3, -0.25) is 5.10 Å². The summed E-state index contributed by atoms with van der Waals surface area (Å²) < 4.78 is 0. The zero-order valence-electron chi connectivity index (χ0n) is 16.4. The van der Waals surface area contributed by atoms with Gasteiger partial charge in [0, 0.05) is 36.6 Å². The van der Waals surface area contributed by atoms with Crippen molar-refractivity contribution < 1.29 is 0 Å². The SMILES string of the molecule is CN(C)c1ccc(-c2cc(CNc3cc(-c4ccccc4Cl)ccn3)n[nH]2)cc1. The second-order valence-corrected chi connectivity index (χ2v) is 7.38. The molecule has 29 heavy (non-hydrogen) atoms. The number of hydrogen-bond acceptors (Lipinski definition) is 4. The molecule has 0 spiro atoms. The molecule has 0 bridgehead atoms. The molecule has 0 aliphatic rings.